The van der Waals surface area contributed by atoms with Crippen molar-refractivity contribution < 1.29 is 14.3 Å². The summed E-state index contributed by atoms with van der Waals surface area (Å²) in [4.78, 5) is 12.6. The average molecular weight is 363 g/mol. The van der Waals surface area contributed by atoms with E-state index in [9.17, 15) is 4.79 Å². The van der Waals surface area contributed by atoms with Crippen LogP contribution in [0.2, 0.25) is 0 Å². The maximum atomic E-state index is 12.6. The van der Waals surface area contributed by atoms with Crippen LogP contribution in [0.4, 0.5) is 0 Å². The Kier molecular flexibility index (Phi) is 12.9. The van der Waals surface area contributed by atoms with Gasteiger partial charge in [-0.25, -0.2) is 4.79 Å². The highest BCUT2D eigenvalue weighted by Crippen LogP contribution is 2.17. The Bertz CT molecular complexity index is 484. The number of hydrogen-bond acceptors (Lipinski definition) is 3. The molecule has 3 nitrogen and oxygen atoms in total. The summed E-state index contributed by atoms with van der Waals surface area (Å²) in [5.74, 6) is -0.207. The number of esters is 1. The van der Waals surface area contributed by atoms with Crippen LogP contribution in [0, 0.1) is 0 Å². The van der Waals surface area contributed by atoms with Crippen molar-refractivity contribution >= 4 is 5.97 Å². The lowest BCUT2D eigenvalue weighted by Gasteiger charge is -2.18. The standard InChI is InChI=1S/C23H38O3/c1-4-6-8-9-10-11-12-17-21(19-25-3)26-23(24)22-18-14-13-16-20(22)15-7-5-2/h13-14,16,18,21H,4-12,15,17,19H2,1-3H3. The van der Waals surface area contributed by atoms with E-state index < -0.39 is 0 Å². The molecule has 0 saturated heterocycles. The Morgan fingerprint density at radius 3 is 2.27 bits per heavy atom. The fourth-order valence-corrected chi connectivity index (χ4v) is 3.21. The van der Waals surface area contributed by atoms with E-state index in [-0.39, 0.29) is 12.1 Å². The summed E-state index contributed by atoms with van der Waals surface area (Å²) in [5.41, 5.74) is 1.80. The van der Waals surface area contributed by atoms with Crippen molar-refractivity contribution in [2.75, 3.05) is 13.7 Å². The summed E-state index contributed by atoms with van der Waals surface area (Å²) in [7, 11) is 1.67. The average Bonchev–Trinajstić information content (AvgIpc) is 2.65. The Hall–Kier alpha value is -1.35. The molecule has 1 aromatic rings. The lowest BCUT2D eigenvalue weighted by Crippen LogP contribution is -2.24. The highest BCUT2D eigenvalue weighted by molar-refractivity contribution is 5.91. The number of carbonyl (C=O) groups excluding carboxylic acids is 1. The van der Waals surface area contributed by atoms with Crippen molar-refractivity contribution in [1.29, 1.82) is 0 Å². The van der Waals surface area contributed by atoms with E-state index in [0.29, 0.717) is 12.2 Å². The van der Waals surface area contributed by atoms with Crippen LogP contribution in [0.25, 0.3) is 0 Å². The van der Waals surface area contributed by atoms with Crippen molar-refractivity contribution in [2.45, 2.75) is 90.6 Å². The first kappa shape index (κ1) is 22.7. The molecule has 0 aliphatic rings. The summed E-state index contributed by atoms with van der Waals surface area (Å²) in [5, 5.41) is 0. The minimum atomic E-state index is -0.207. The van der Waals surface area contributed by atoms with Gasteiger partial charge in [-0.1, -0.05) is 77.0 Å². The number of benzene rings is 1. The second-order valence-electron chi connectivity index (χ2n) is 7.15. The van der Waals surface area contributed by atoms with Gasteiger partial charge in [0.2, 0.25) is 0 Å². The molecule has 1 aromatic carbocycles. The normalized spacial score (nSPS) is 12.1. The third kappa shape index (κ3) is 9.38. The molecule has 1 atom stereocenters. The largest absolute Gasteiger partial charge is 0.456 e. The van der Waals surface area contributed by atoms with Gasteiger partial charge in [-0.05, 0) is 37.3 Å². The molecule has 0 aliphatic carbocycles. The van der Waals surface area contributed by atoms with Crippen LogP contribution in [-0.4, -0.2) is 25.8 Å². The molecule has 0 spiro atoms. The van der Waals surface area contributed by atoms with E-state index in [1.807, 2.05) is 24.3 Å². The van der Waals surface area contributed by atoms with Gasteiger partial charge in [0.1, 0.15) is 6.10 Å². The van der Waals surface area contributed by atoms with Gasteiger partial charge in [0.15, 0.2) is 0 Å². The lowest BCUT2D eigenvalue weighted by molar-refractivity contribution is 0.00227. The highest BCUT2D eigenvalue weighted by Gasteiger charge is 2.18. The zero-order chi connectivity index (χ0) is 19.0. The molecule has 0 N–H and O–H groups in total. The predicted octanol–water partition coefficient (Wildman–Crippen LogP) is 6.34. The Balaban J connectivity index is 2.47. The van der Waals surface area contributed by atoms with E-state index in [1.165, 1.54) is 38.5 Å². The van der Waals surface area contributed by atoms with Gasteiger partial charge >= 0.3 is 5.97 Å². The van der Waals surface area contributed by atoms with E-state index in [4.69, 9.17) is 9.47 Å². The monoisotopic (exact) mass is 362 g/mol. The topological polar surface area (TPSA) is 35.5 Å². The first-order valence-electron chi connectivity index (χ1n) is 10.5. The molecule has 0 heterocycles. The molecule has 1 unspecified atom stereocenters. The molecule has 0 radical (unpaired) electrons. The number of unbranched alkanes of at least 4 members (excludes halogenated alkanes) is 7. The molecule has 0 saturated carbocycles. The molecule has 0 amide bonds. The quantitative estimate of drug-likeness (QED) is 0.270. The molecule has 0 aliphatic heterocycles. The lowest BCUT2D eigenvalue weighted by atomic mass is 10.0. The SMILES string of the molecule is CCCCCCCCCC(COC)OC(=O)c1ccccc1CCCC. The molecule has 26 heavy (non-hydrogen) atoms. The van der Waals surface area contributed by atoms with Crippen LogP contribution < -0.4 is 0 Å². The smallest absolute Gasteiger partial charge is 0.338 e. The van der Waals surface area contributed by atoms with Gasteiger partial charge in [0.05, 0.1) is 12.2 Å². The fraction of sp³-hybridized carbons (Fsp3) is 0.696. The summed E-state index contributed by atoms with van der Waals surface area (Å²) in [6.45, 7) is 4.88. The van der Waals surface area contributed by atoms with Crippen LogP contribution in [0.15, 0.2) is 24.3 Å². The summed E-state index contributed by atoms with van der Waals surface area (Å²) < 4.78 is 11.0. The maximum absolute atomic E-state index is 12.6. The zero-order valence-corrected chi connectivity index (χ0v) is 17.1. The van der Waals surface area contributed by atoms with Gasteiger partial charge in [-0.15, -0.1) is 0 Å². The van der Waals surface area contributed by atoms with Crippen LogP contribution in [-0.2, 0) is 15.9 Å². The van der Waals surface area contributed by atoms with Gasteiger partial charge in [-0.2, -0.15) is 0 Å². The number of aryl methyl sites for hydroxylation is 1. The maximum Gasteiger partial charge on any atom is 0.338 e. The molecule has 0 bridgehead atoms. The van der Waals surface area contributed by atoms with Crippen molar-refractivity contribution in [3.8, 4) is 0 Å². The van der Waals surface area contributed by atoms with Crippen molar-refractivity contribution in [1.82, 2.24) is 0 Å². The number of ether oxygens (including phenoxy) is 2. The van der Waals surface area contributed by atoms with Gasteiger partial charge in [-0.3, -0.25) is 0 Å². The van der Waals surface area contributed by atoms with Crippen LogP contribution in [0.5, 0.6) is 0 Å². The third-order valence-electron chi connectivity index (χ3n) is 4.79. The third-order valence-corrected chi connectivity index (χ3v) is 4.79. The molecular weight excluding hydrogens is 324 g/mol. The summed E-state index contributed by atoms with van der Waals surface area (Å²) >= 11 is 0. The summed E-state index contributed by atoms with van der Waals surface area (Å²) in [6, 6.07) is 7.82. The van der Waals surface area contributed by atoms with Crippen molar-refractivity contribution in [3.63, 3.8) is 0 Å². The Labute approximate surface area is 160 Å². The van der Waals surface area contributed by atoms with E-state index in [2.05, 4.69) is 13.8 Å². The molecule has 0 aromatic heterocycles. The van der Waals surface area contributed by atoms with Gasteiger partial charge in [0, 0.05) is 7.11 Å². The minimum absolute atomic E-state index is 0.151. The summed E-state index contributed by atoms with van der Waals surface area (Å²) in [6.07, 6.45) is 12.7. The molecule has 148 valence electrons. The first-order chi connectivity index (χ1) is 12.7. The van der Waals surface area contributed by atoms with E-state index in [1.54, 1.807) is 7.11 Å². The minimum Gasteiger partial charge on any atom is -0.456 e. The van der Waals surface area contributed by atoms with Crippen molar-refractivity contribution in [3.05, 3.63) is 35.4 Å². The van der Waals surface area contributed by atoms with Gasteiger partial charge in [0.25, 0.3) is 0 Å². The predicted molar refractivity (Wildman–Crippen MR) is 109 cm³/mol. The van der Waals surface area contributed by atoms with Gasteiger partial charge < -0.3 is 9.47 Å². The fourth-order valence-electron chi connectivity index (χ4n) is 3.21. The van der Waals surface area contributed by atoms with Crippen LogP contribution in [0.3, 0.4) is 0 Å². The highest BCUT2D eigenvalue weighted by atomic mass is 16.6. The second kappa shape index (κ2) is 14.8. The van der Waals surface area contributed by atoms with E-state index in [0.717, 1.165) is 37.7 Å². The molecule has 0 fully saturated rings. The first-order valence-corrected chi connectivity index (χ1v) is 10.5. The van der Waals surface area contributed by atoms with Crippen molar-refractivity contribution in [2.24, 2.45) is 0 Å². The second-order valence-corrected chi connectivity index (χ2v) is 7.15. The number of hydrogen-bond donors (Lipinski definition) is 0. The number of carbonyl (C=O) groups is 1. The molecular formula is C23H38O3. The van der Waals surface area contributed by atoms with Crippen LogP contribution >= 0.6 is 0 Å². The molecule has 3 heteroatoms. The molecule has 1 rings (SSSR count). The zero-order valence-electron chi connectivity index (χ0n) is 17.1. The Morgan fingerprint density at radius 2 is 1.58 bits per heavy atom. The number of methoxy groups -OCH3 is 1. The Morgan fingerprint density at radius 1 is 0.923 bits per heavy atom. The number of rotatable bonds is 15. The van der Waals surface area contributed by atoms with E-state index >= 15 is 0 Å². The van der Waals surface area contributed by atoms with Crippen LogP contribution in [0.1, 0.15) is 94.0 Å².